The number of hydrogen-bond donors (Lipinski definition) is 6. The summed E-state index contributed by atoms with van der Waals surface area (Å²) in [6.45, 7) is 0. The van der Waals surface area contributed by atoms with Gasteiger partial charge in [-0.2, -0.15) is 0 Å². The van der Waals surface area contributed by atoms with Crippen molar-refractivity contribution >= 4 is 46.7 Å². The lowest BCUT2D eigenvalue weighted by molar-refractivity contribution is 0.424. The molecule has 0 saturated heterocycles. The van der Waals surface area contributed by atoms with Gasteiger partial charge in [-0.25, -0.2) is 0 Å². The molecular weight excluding hydrogens is 358 g/mol. The molecule has 0 saturated carbocycles. The van der Waals surface area contributed by atoms with E-state index in [1.807, 2.05) is 0 Å². The van der Waals surface area contributed by atoms with E-state index >= 15 is 0 Å². The molecule has 6 N–H and O–H groups in total. The van der Waals surface area contributed by atoms with Crippen molar-refractivity contribution in [3.63, 3.8) is 0 Å². The maximum Gasteiger partial charge on any atom is 0.488 e. The van der Waals surface area contributed by atoms with E-state index in [0.717, 1.165) is 0 Å². The third-order valence-electron chi connectivity index (χ3n) is 4.89. The number of phenols is 2. The van der Waals surface area contributed by atoms with E-state index in [-0.39, 0.29) is 11.5 Å². The summed E-state index contributed by atoms with van der Waals surface area (Å²) in [5.41, 5.74) is 1.43. The Bertz CT molecular complexity index is 1110. The number of hydrogen-bond acceptors (Lipinski definition) is 6. The van der Waals surface area contributed by atoms with Gasteiger partial charge in [0.2, 0.25) is 0 Å². The van der Waals surface area contributed by atoms with Crippen LogP contribution in [0, 0.1) is 0 Å². The van der Waals surface area contributed by atoms with E-state index in [0.29, 0.717) is 43.6 Å². The Balaban J connectivity index is 2.05. The molecule has 0 fully saturated rings. The highest BCUT2D eigenvalue weighted by Crippen LogP contribution is 2.44. The molecule has 28 heavy (non-hydrogen) atoms. The highest BCUT2D eigenvalue weighted by atomic mass is 16.4. The van der Waals surface area contributed by atoms with Crippen LogP contribution in [0.4, 0.5) is 0 Å². The average molecular weight is 374 g/mol. The molecule has 138 valence electrons. The Morgan fingerprint density at radius 1 is 0.500 bits per heavy atom. The minimum absolute atomic E-state index is 0.0427. The Hall–Kier alpha value is -3.03. The molecular formula is C20H16B2O6. The first kappa shape index (κ1) is 18.3. The van der Waals surface area contributed by atoms with Crippen molar-refractivity contribution in [3.8, 4) is 22.6 Å². The highest BCUT2D eigenvalue weighted by molar-refractivity contribution is 6.59. The molecule has 0 heterocycles. The predicted molar refractivity (Wildman–Crippen MR) is 110 cm³/mol. The third-order valence-corrected chi connectivity index (χ3v) is 4.89. The van der Waals surface area contributed by atoms with Crippen LogP contribution in [0.25, 0.3) is 32.7 Å². The maximum absolute atomic E-state index is 10.6. The molecule has 0 aromatic heterocycles. The van der Waals surface area contributed by atoms with Gasteiger partial charge in [-0.3, -0.25) is 0 Å². The number of rotatable bonds is 3. The normalized spacial score (nSPS) is 11.1. The standard InChI is InChI=1S/C20H16B2O6/c23-17-7-1-11-9-13(21(25)26)3-5-15(11)19(17)20-16-6-4-14(22(27)28)10-12(16)2-8-18(20)24/h1-10,23-28H. The number of fused-ring (bicyclic) bond motifs is 2. The summed E-state index contributed by atoms with van der Waals surface area (Å²) < 4.78 is 0. The molecule has 8 heteroatoms. The molecule has 0 radical (unpaired) electrons. The second-order valence-corrected chi connectivity index (χ2v) is 6.63. The van der Waals surface area contributed by atoms with Gasteiger partial charge in [0.25, 0.3) is 0 Å². The Labute approximate surface area is 160 Å². The molecule has 0 aliphatic heterocycles. The van der Waals surface area contributed by atoms with Crippen LogP contribution in [-0.4, -0.2) is 44.5 Å². The summed E-state index contributed by atoms with van der Waals surface area (Å²) in [4.78, 5) is 0. The molecule has 0 unspecified atom stereocenters. The fourth-order valence-corrected chi connectivity index (χ4v) is 3.52. The first-order valence-corrected chi connectivity index (χ1v) is 8.60. The van der Waals surface area contributed by atoms with Gasteiger partial charge in [-0.05, 0) is 44.6 Å². The van der Waals surface area contributed by atoms with E-state index in [4.69, 9.17) is 0 Å². The van der Waals surface area contributed by atoms with E-state index in [1.165, 1.54) is 12.1 Å². The van der Waals surface area contributed by atoms with E-state index in [2.05, 4.69) is 0 Å². The number of phenolic OH excluding ortho intramolecular Hbond substituents is 2. The predicted octanol–water partition coefficient (Wildman–Crippen LogP) is 0.431. The van der Waals surface area contributed by atoms with Crippen LogP contribution in [0.1, 0.15) is 0 Å². The summed E-state index contributed by atoms with van der Waals surface area (Å²) in [6, 6.07) is 15.9. The molecule has 0 atom stereocenters. The van der Waals surface area contributed by atoms with E-state index < -0.39 is 14.2 Å². The average Bonchev–Trinajstić information content (AvgIpc) is 2.68. The molecule has 6 nitrogen and oxygen atoms in total. The van der Waals surface area contributed by atoms with Crippen molar-refractivity contribution in [2.24, 2.45) is 0 Å². The lowest BCUT2D eigenvalue weighted by Crippen LogP contribution is -2.29. The lowest BCUT2D eigenvalue weighted by atomic mass is 9.78. The lowest BCUT2D eigenvalue weighted by Gasteiger charge is -2.15. The van der Waals surface area contributed by atoms with Gasteiger partial charge >= 0.3 is 14.2 Å². The largest absolute Gasteiger partial charge is 0.507 e. The first-order chi connectivity index (χ1) is 13.4. The summed E-state index contributed by atoms with van der Waals surface area (Å²) in [5, 5.41) is 61.4. The quantitative estimate of drug-likeness (QED) is 0.290. The third kappa shape index (κ3) is 2.98. The fraction of sp³-hybridized carbons (Fsp3) is 0. The van der Waals surface area contributed by atoms with Crippen LogP contribution in [0.3, 0.4) is 0 Å². The Morgan fingerprint density at radius 3 is 1.25 bits per heavy atom. The zero-order valence-electron chi connectivity index (χ0n) is 14.6. The summed E-state index contributed by atoms with van der Waals surface area (Å²) >= 11 is 0. The number of benzene rings is 4. The molecule has 4 aromatic rings. The molecule has 0 aliphatic rings. The second-order valence-electron chi connectivity index (χ2n) is 6.63. The minimum atomic E-state index is -1.61. The van der Waals surface area contributed by atoms with Crippen LogP contribution in [0.15, 0.2) is 60.7 Å². The maximum atomic E-state index is 10.6. The van der Waals surface area contributed by atoms with Gasteiger partial charge in [0.05, 0.1) is 0 Å². The highest BCUT2D eigenvalue weighted by Gasteiger charge is 2.19. The Kier molecular flexibility index (Phi) is 4.49. The zero-order valence-corrected chi connectivity index (χ0v) is 14.6. The van der Waals surface area contributed by atoms with Crippen molar-refractivity contribution in [1.29, 1.82) is 0 Å². The van der Waals surface area contributed by atoms with Gasteiger partial charge in [0.1, 0.15) is 11.5 Å². The molecule has 0 spiro atoms. The van der Waals surface area contributed by atoms with Crippen LogP contribution in [0.2, 0.25) is 0 Å². The second kappa shape index (κ2) is 6.85. The van der Waals surface area contributed by atoms with Gasteiger partial charge in [0, 0.05) is 11.1 Å². The van der Waals surface area contributed by atoms with Gasteiger partial charge in [-0.15, -0.1) is 0 Å². The Morgan fingerprint density at radius 2 is 0.893 bits per heavy atom. The van der Waals surface area contributed by atoms with Gasteiger partial charge in [0.15, 0.2) is 0 Å². The molecule has 4 rings (SSSR count). The minimum Gasteiger partial charge on any atom is -0.507 e. The van der Waals surface area contributed by atoms with Crippen LogP contribution in [0.5, 0.6) is 11.5 Å². The van der Waals surface area contributed by atoms with Crippen molar-refractivity contribution < 1.29 is 30.3 Å². The van der Waals surface area contributed by atoms with Gasteiger partial charge < -0.3 is 30.3 Å². The number of aromatic hydroxyl groups is 2. The summed E-state index contributed by atoms with van der Waals surface area (Å²) in [7, 11) is -3.23. The molecule has 0 amide bonds. The van der Waals surface area contributed by atoms with Gasteiger partial charge in [-0.1, -0.05) is 48.5 Å². The topological polar surface area (TPSA) is 121 Å². The summed E-state index contributed by atoms with van der Waals surface area (Å²) in [5.74, 6) is -0.0854. The summed E-state index contributed by atoms with van der Waals surface area (Å²) in [6.07, 6.45) is 0. The fourth-order valence-electron chi connectivity index (χ4n) is 3.52. The van der Waals surface area contributed by atoms with Crippen molar-refractivity contribution in [2.75, 3.05) is 0 Å². The van der Waals surface area contributed by atoms with E-state index in [1.54, 1.807) is 48.5 Å². The van der Waals surface area contributed by atoms with Crippen molar-refractivity contribution in [1.82, 2.24) is 0 Å². The SMILES string of the molecule is OB(O)c1ccc2c(-c3c(O)ccc4cc(B(O)O)ccc34)c(O)ccc2c1. The smallest absolute Gasteiger partial charge is 0.488 e. The molecule has 4 aromatic carbocycles. The monoisotopic (exact) mass is 374 g/mol. The van der Waals surface area contributed by atoms with Crippen molar-refractivity contribution in [2.45, 2.75) is 0 Å². The molecule has 0 bridgehead atoms. The van der Waals surface area contributed by atoms with Crippen LogP contribution < -0.4 is 10.9 Å². The van der Waals surface area contributed by atoms with E-state index in [9.17, 15) is 30.3 Å². The zero-order chi connectivity index (χ0) is 20.0. The molecule has 0 aliphatic carbocycles. The first-order valence-electron chi connectivity index (χ1n) is 8.60. The van der Waals surface area contributed by atoms with Crippen LogP contribution in [-0.2, 0) is 0 Å². The van der Waals surface area contributed by atoms with Crippen LogP contribution >= 0.6 is 0 Å². The van der Waals surface area contributed by atoms with Crippen molar-refractivity contribution in [3.05, 3.63) is 60.7 Å².